The Hall–Kier alpha value is -1.90. The largest absolute Gasteiger partial charge is 0.493 e. The smallest absolute Gasteiger partial charge is 0.167 e. The molecule has 0 aliphatic heterocycles. The van der Waals surface area contributed by atoms with Crippen LogP contribution in [0.2, 0.25) is 10.0 Å². The molecule has 2 aromatic carbocycles. The quantitative estimate of drug-likeness (QED) is 0.585. The van der Waals surface area contributed by atoms with Crippen molar-refractivity contribution in [3.8, 4) is 22.6 Å². The Kier molecular flexibility index (Phi) is 6.36. The zero-order valence-electron chi connectivity index (χ0n) is 14.2. The fourth-order valence-electron chi connectivity index (χ4n) is 2.62. The van der Waals surface area contributed by atoms with E-state index in [-0.39, 0.29) is 0 Å². The van der Waals surface area contributed by atoms with Crippen molar-refractivity contribution in [2.45, 2.75) is 13.8 Å². The van der Waals surface area contributed by atoms with Crippen LogP contribution in [-0.2, 0) is 0 Å². The van der Waals surface area contributed by atoms with Crippen molar-refractivity contribution in [3.05, 3.63) is 57.6 Å². The standard InChI is InChI=1S/C20H20Cl2O2/c1-5-7-13-9-10-16(21)19(22)18(13)15-11-14(8-6-2)20(24-4)17(12-15)23-3/h5-12H,1-4H3/b7-5+,8-6+. The van der Waals surface area contributed by atoms with Gasteiger partial charge in [0.15, 0.2) is 11.5 Å². The second kappa shape index (κ2) is 8.27. The molecule has 0 spiro atoms. The lowest BCUT2D eigenvalue weighted by atomic mass is 9.96. The average Bonchev–Trinajstić information content (AvgIpc) is 2.58. The van der Waals surface area contributed by atoms with Gasteiger partial charge in [0.2, 0.25) is 0 Å². The van der Waals surface area contributed by atoms with Crippen molar-refractivity contribution in [2.75, 3.05) is 14.2 Å². The average molecular weight is 363 g/mol. The van der Waals surface area contributed by atoms with Crippen LogP contribution in [0, 0.1) is 0 Å². The predicted molar refractivity (Wildman–Crippen MR) is 104 cm³/mol. The molecule has 0 atom stereocenters. The highest BCUT2D eigenvalue weighted by Crippen LogP contribution is 2.42. The number of benzene rings is 2. The third kappa shape index (κ3) is 3.61. The van der Waals surface area contributed by atoms with E-state index >= 15 is 0 Å². The summed E-state index contributed by atoms with van der Waals surface area (Å²) in [6.45, 7) is 3.92. The van der Waals surface area contributed by atoms with Gasteiger partial charge in [-0.3, -0.25) is 0 Å². The molecule has 0 amide bonds. The minimum atomic E-state index is 0.516. The molecule has 0 N–H and O–H groups in total. The van der Waals surface area contributed by atoms with E-state index in [4.69, 9.17) is 32.7 Å². The number of hydrogen-bond donors (Lipinski definition) is 0. The number of halogens is 2. The van der Waals surface area contributed by atoms with Crippen molar-refractivity contribution < 1.29 is 9.47 Å². The summed E-state index contributed by atoms with van der Waals surface area (Å²) in [4.78, 5) is 0. The molecule has 2 rings (SSSR count). The molecule has 0 bridgehead atoms. The molecule has 2 nitrogen and oxygen atoms in total. The molecule has 0 aliphatic carbocycles. The van der Waals surface area contributed by atoms with E-state index in [2.05, 4.69) is 0 Å². The second-order valence-electron chi connectivity index (χ2n) is 5.13. The molecule has 0 heterocycles. The molecule has 0 radical (unpaired) electrons. The van der Waals surface area contributed by atoms with Crippen LogP contribution in [0.5, 0.6) is 11.5 Å². The number of allylic oxidation sites excluding steroid dienone is 2. The Morgan fingerprint density at radius 1 is 0.875 bits per heavy atom. The third-order valence-corrected chi connectivity index (χ3v) is 4.42. The Balaban J connectivity index is 2.82. The van der Waals surface area contributed by atoms with Gasteiger partial charge in [-0.05, 0) is 43.2 Å². The second-order valence-corrected chi connectivity index (χ2v) is 5.91. The lowest BCUT2D eigenvalue weighted by molar-refractivity contribution is 0.354. The topological polar surface area (TPSA) is 18.5 Å². The Morgan fingerprint density at radius 3 is 2.12 bits per heavy atom. The Bertz CT molecular complexity index is 793. The molecule has 0 saturated carbocycles. The summed E-state index contributed by atoms with van der Waals surface area (Å²) in [7, 11) is 3.25. The Labute approximate surface area is 153 Å². The van der Waals surface area contributed by atoms with Gasteiger partial charge in [-0.25, -0.2) is 0 Å². The number of methoxy groups -OCH3 is 2. The van der Waals surface area contributed by atoms with E-state index in [0.717, 1.165) is 22.3 Å². The van der Waals surface area contributed by atoms with Gasteiger partial charge in [0.05, 0.1) is 24.3 Å². The van der Waals surface area contributed by atoms with Gasteiger partial charge >= 0.3 is 0 Å². The normalized spacial score (nSPS) is 11.4. The number of rotatable bonds is 5. The summed E-state index contributed by atoms with van der Waals surface area (Å²) in [6.07, 6.45) is 7.90. The lowest BCUT2D eigenvalue weighted by Crippen LogP contribution is -1.95. The minimum absolute atomic E-state index is 0.516. The van der Waals surface area contributed by atoms with Crippen LogP contribution in [0.4, 0.5) is 0 Å². The first-order chi connectivity index (χ1) is 11.6. The molecule has 126 valence electrons. The highest BCUT2D eigenvalue weighted by Gasteiger charge is 2.16. The number of hydrogen-bond acceptors (Lipinski definition) is 2. The molecule has 4 heteroatoms. The summed E-state index contributed by atoms with van der Waals surface area (Å²) >= 11 is 12.8. The van der Waals surface area contributed by atoms with Gasteiger partial charge in [-0.15, -0.1) is 0 Å². The van der Waals surface area contributed by atoms with E-state index < -0.39 is 0 Å². The maximum absolute atomic E-state index is 6.51. The first-order valence-electron chi connectivity index (χ1n) is 7.57. The molecule has 0 aliphatic rings. The summed E-state index contributed by atoms with van der Waals surface area (Å²) < 4.78 is 11.0. The molecule has 0 saturated heterocycles. The predicted octanol–water partition coefficient (Wildman–Crippen LogP) is 6.74. The molecule has 0 aromatic heterocycles. The summed E-state index contributed by atoms with van der Waals surface area (Å²) in [6, 6.07) is 7.69. The fraction of sp³-hybridized carbons (Fsp3) is 0.200. The van der Waals surface area contributed by atoms with E-state index in [1.54, 1.807) is 20.3 Å². The van der Waals surface area contributed by atoms with Crippen LogP contribution in [0.3, 0.4) is 0 Å². The van der Waals surface area contributed by atoms with E-state index in [1.807, 2.05) is 56.4 Å². The van der Waals surface area contributed by atoms with Crippen LogP contribution in [0.25, 0.3) is 23.3 Å². The molecular formula is C20H20Cl2O2. The highest BCUT2D eigenvalue weighted by atomic mass is 35.5. The fourth-order valence-corrected chi connectivity index (χ4v) is 3.06. The third-order valence-electron chi connectivity index (χ3n) is 3.62. The summed E-state index contributed by atoms with van der Waals surface area (Å²) in [5, 5.41) is 1.04. The van der Waals surface area contributed by atoms with E-state index in [0.29, 0.717) is 21.5 Å². The van der Waals surface area contributed by atoms with Crippen LogP contribution in [-0.4, -0.2) is 14.2 Å². The van der Waals surface area contributed by atoms with Crippen molar-refractivity contribution >= 4 is 35.4 Å². The lowest BCUT2D eigenvalue weighted by Gasteiger charge is -2.16. The summed E-state index contributed by atoms with van der Waals surface area (Å²) in [5.74, 6) is 1.33. The number of ether oxygens (including phenoxy) is 2. The van der Waals surface area contributed by atoms with Gasteiger partial charge < -0.3 is 9.47 Å². The van der Waals surface area contributed by atoms with Gasteiger partial charge in [0.25, 0.3) is 0 Å². The zero-order chi connectivity index (χ0) is 17.7. The van der Waals surface area contributed by atoms with Crippen LogP contribution in [0.1, 0.15) is 25.0 Å². The molecule has 2 aromatic rings. The first kappa shape index (κ1) is 18.4. The maximum atomic E-state index is 6.51. The Morgan fingerprint density at radius 2 is 1.54 bits per heavy atom. The monoisotopic (exact) mass is 362 g/mol. The van der Waals surface area contributed by atoms with Gasteiger partial charge in [-0.2, -0.15) is 0 Å². The summed E-state index contributed by atoms with van der Waals surface area (Å²) in [5.41, 5.74) is 3.69. The van der Waals surface area contributed by atoms with Crippen LogP contribution in [0.15, 0.2) is 36.4 Å². The molecule has 0 unspecified atom stereocenters. The highest BCUT2D eigenvalue weighted by molar-refractivity contribution is 6.44. The molecular weight excluding hydrogens is 343 g/mol. The first-order valence-corrected chi connectivity index (χ1v) is 8.32. The zero-order valence-corrected chi connectivity index (χ0v) is 15.7. The van der Waals surface area contributed by atoms with Gasteiger partial charge in [-0.1, -0.05) is 53.6 Å². The van der Waals surface area contributed by atoms with Gasteiger partial charge in [0, 0.05) is 11.1 Å². The van der Waals surface area contributed by atoms with Crippen molar-refractivity contribution in [2.24, 2.45) is 0 Å². The van der Waals surface area contributed by atoms with Gasteiger partial charge in [0.1, 0.15) is 0 Å². The molecule has 0 fully saturated rings. The van der Waals surface area contributed by atoms with Crippen LogP contribution >= 0.6 is 23.2 Å². The van der Waals surface area contributed by atoms with E-state index in [1.165, 1.54) is 0 Å². The van der Waals surface area contributed by atoms with E-state index in [9.17, 15) is 0 Å². The van der Waals surface area contributed by atoms with Crippen molar-refractivity contribution in [1.29, 1.82) is 0 Å². The van der Waals surface area contributed by atoms with Crippen molar-refractivity contribution in [1.82, 2.24) is 0 Å². The van der Waals surface area contributed by atoms with Crippen LogP contribution < -0.4 is 9.47 Å². The molecule has 24 heavy (non-hydrogen) atoms. The van der Waals surface area contributed by atoms with Crippen molar-refractivity contribution in [3.63, 3.8) is 0 Å². The SMILES string of the molecule is C/C=C/c1cc(-c2c(/C=C/C)ccc(Cl)c2Cl)cc(OC)c1OC. The maximum Gasteiger partial charge on any atom is 0.167 e. The minimum Gasteiger partial charge on any atom is -0.493 e.